The Morgan fingerprint density at radius 1 is 1.16 bits per heavy atom. The molecule has 6 heteroatoms. The zero-order chi connectivity index (χ0) is 22.7. The first-order chi connectivity index (χ1) is 15.5. The van der Waals surface area contributed by atoms with Crippen LogP contribution in [0.15, 0.2) is 79.5 Å². The average Bonchev–Trinajstić information content (AvgIpc) is 3.26. The van der Waals surface area contributed by atoms with E-state index in [0.29, 0.717) is 28.3 Å². The molecule has 1 aromatic heterocycles. The maximum Gasteiger partial charge on any atom is 0.335 e. The molecule has 4 rings (SSSR count). The second kappa shape index (κ2) is 9.20. The van der Waals surface area contributed by atoms with Gasteiger partial charge in [-0.2, -0.15) is 5.10 Å². The number of nitrogens with zero attached hydrogens (tertiary/aromatic N) is 1. The molecular formula is C26H20ClFN2O2. The number of aromatic nitrogens is 2. The van der Waals surface area contributed by atoms with Crippen molar-refractivity contribution in [3.05, 3.63) is 107 Å². The fraction of sp³-hybridized carbons (Fsp3) is 0.0769. The molecule has 1 heterocycles. The monoisotopic (exact) mass is 446 g/mol. The number of carbonyl (C=O) groups is 1. The van der Waals surface area contributed by atoms with Gasteiger partial charge in [-0.05, 0) is 59.0 Å². The summed E-state index contributed by atoms with van der Waals surface area (Å²) >= 11 is 6.46. The number of esters is 1. The summed E-state index contributed by atoms with van der Waals surface area (Å²) in [6.45, 7) is 5.49. The van der Waals surface area contributed by atoms with Gasteiger partial charge in [0.25, 0.3) is 0 Å². The predicted octanol–water partition coefficient (Wildman–Crippen LogP) is 6.82. The van der Waals surface area contributed by atoms with Crippen molar-refractivity contribution in [3.8, 4) is 5.75 Å². The number of aromatic amines is 1. The Labute approximate surface area is 190 Å². The van der Waals surface area contributed by atoms with Gasteiger partial charge in [0.2, 0.25) is 0 Å². The van der Waals surface area contributed by atoms with Crippen LogP contribution in [-0.4, -0.2) is 16.2 Å². The van der Waals surface area contributed by atoms with E-state index in [2.05, 4.69) is 16.8 Å². The van der Waals surface area contributed by atoms with E-state index in [-0.39, 0.29) is 0 Å². The summed E-state index contributed by atoms with van der Waals surface area (Å²) in [5, 5.41) is 8.30. The van der Waals surface area contributed by atoms with Crippen LogP contribution in [0.2, 0.25) is 5.02 Å². The van der Waals surface area contributed by atoms with Crippen molar-refractivity contribution >= 4 is 39.6 Å². The normalized spacial score (nSPS) is 11.8. The number of H-pyrrole nitrogens is 1. The highest BCUT2D eigenvalue weighted by Crippen LogP contribution is 2.41. The zero-order valence-corrected chi connectivity index (χ0v) is 18.1. The molecule has 4 nitrogen and oxygen atoms in total. The van der Waals surface area contributed by atoms with E-state index < -0.39 is 11.8 Å². The molecule has 0 radical (unpaired) electrons. The number of allylic oxidation sites excluding steroid dienone is 1. The molecule has 0 saturated heterocycles. The lowest BCUT2D eigenvalue weighted by atomic mass is 9.87. The van der Waals surface area contributed by atoms with Crippen molar-refractivity contribution in [3.63, 3.8) is 0 Å². The minimum absolute atomic E-state index is 0.310. The van der Waals surface area contributed by atoms with Gasteiger partial charge < -0.3 is 4.74 Å². The van der Waals surface area contributed by atoms with Gasteiger partial charge in [-0.1, -0.05) is 55.4 Å². The molecule has 0 unspecified atom stereocenters. The molecule has 0 aliphatic carbocycles. The summed E-state index contributed by atoms with van der Waals surface area (Å²) in [4.78, 5) is 12.0. The lowest BCUT2D eigenvalue weighted by molar-refractivity contribution is -0.128. The number of rotatable bonds is 6. The molecule has 3 aromatic carbocycles. The number of hydrogen-bond acceptors (Lipinski definition) is 3. The Morgan fingerprint density at radius 3 is 2.72 bits per heavy atom. The van der Waals surface area contributed by atoms with Crippen LogP contribution in [0.25, 0.3) is 22.0 Å². The third kappa shape index (κ3) is 4.20. The third-order valence-corrected chi connectivity index (χ3v) is 5.49. The lowest BCUT2D eigenvalue weighted by Gasteiger charge is -2.19. The maximum atomic E-state index is 13.8. The first kappa shape index (κ1) is 21.5. The minimum Gasteiger partial charge on any atom is -0.423 e. The number of nitrogens with one attached hydrogen (secondary N) is 1. The molecule has 0 bridgehead atoms. The van der Waals surface area contributed by atoms with Gasteiger partial charge in [0.15, 0.2) is 0 Å². The van der Waals surface area contributed by atoms with E-state index in [0.717, 1.165) is 33.7 Å². The van der Waals surface area contributed by atoms with Gasteiger partial charge in [-0.15, -0.1) is 0 Å². The Kier molecular flexibility index (Phi) is 6.19. The highest BCUT2D eigenvalue weighted by molar-refractivity contribution is 6.32. The molecule has 0 aliphatic rings. The quantitative estimate of drug-likeness (QED) is 0.153. The molecule has 1 N–H and O–H groups in total. The van der Waals surface area contributed by atoms with Gasteiger partial charge in [0, 0.05) is 17.0 Å². The minimum atomic E-state index is -0.556. The van der Waals surface area contributed by atoms with E-state index in [9.17, 15) is 9.18 Å². The second-order valence-corrected chi connectivity index (χ2v) is 7.53. The summed E-state index contributed by atoms with van der Waals surface area (Å²) < 4.78 is 19.3. The Balaban J connectivity index is 2.04. The van der Waals surface area contributed by atoms with Crippen LogP contribution in [0.5, 0.6) is 5.75 Å². The van der Waals surface area contributed by atoms with Gasteiger partial charge >= 0.3 is 5.97 Å². The molecule has 0 fully saturated rings. The number of ether oxygens (including phenoxy) is 1. The summed E-state index contributed by atoms with van der Waals surface area (Å²) in [7, 11) is 0. The first-order valence-corrected chi connectivity index (χ1v) is 10.4. The van der Waals surface area contributed by atoms with Crippen molar-refractivity contribution in [1.29, 1.82) is 0 Å². The molecule has 32 heavy (non-hydrogen) atoms. The average molecular weight is 447 g/mol. The van der Waals surface area contributed by atoms with Crippen LogP contribution in [-0.2, 0) is 4.79 Å². The Morgan fingerprint density at radius 2 is 1.97 bits per heavy atom. The van der Waals surface area contributed by atoms with Gasteiger partial charge in [0.05, 0.1) is 16.7 Å². The number of para-hydroxylation sites is 1. The maximum absolute atomic E-state index is 13.8. The van der Waals surface area contributed by atoms with Crippen LogP contribution in [0.4, 0.5) is 4.39 Å². The molecular weight excluding hydrogens is 427 g/mol. The van der Waals surface area contributed by atoms with Crippen LogP contribution < -0.4 is 4.74 Å². The molecule has 0 amide bonds. The number of halogens is 2. The van der Waals surface area contributed by atoms with Crippen molar-refractivity contribution in [2.45, 2.75) is 13.3 Å². The summed E-state index contributed by atoms with van der Waals surface area (Å²) in [5.74, 6) is -0.570. The molecule has 0 atom stereocenters. The van der Waals surface area contributed by atoms with E-state index in [4.69, 9.17) is 16.3 Å². The van der Waals surface area contributed by atoms with E-state index >= 15 is 0 Å². The molecule has 4 aromatic rings. The summed E-state index contributed by atoms with van der Waals surface area (Å²) in [6, 6.07) is 17.5. The first-order valence-electron chi connectivity index (χ1n) is 10.1. The van der Waals surface area contributed by atoms with Crippen LogP contribution in [0.3, 0.4) is 0 Å². The highest BCUT2D eigenvalue weighted by atomic mass is 35.5. The molecule has 160 valence electrons. The largest absolute Gasteiger partial charge is 0.423 e. The number of carbonyl (C=O) groups excluding carboxylic acids is 1. The fourth-order valence-electron chi connectivity index (χ4n) is 3.74. The van der Waals surface area contributed by atoms with E-state index in [1.54, 1.807) is 24.4 Å². The standard InChI is InChI=1S/C26H20ClFN2O2/c1-3-19(20-11-10-18(28)14-22(20)27)26(16-9-12-23-17(13-16)15-29-30-23)21-7-5-6-8-24(21)32-25(31)4-2/h4-15H,2-3H2,1H3,(H,29,30)/b26-19+. The molecule has 0 spiro atoms. The van der Waals surface area contributed by atoms with E-state index in [1.165, 1.54) is 12.1 Å². The van der Waals surface area contributed by atoms with Crippen LogP contribution in [0.1, 0.15) is 30.0 Å². The Bertz CT molecular complexity index is 1360. The van der Waals surface area contributed by atoms with Crippen molar-refractivity contribution in [2.75, 3.05) is 0 Å². The third-order valence-electron chi connectivity index (χ3n) is 5.17. The number of hydrogen-bond donors (Lipinski definition) is 1. The number of fused-ring (bicyclic) bond motifs is 1. The van der Waals surface area contributed by atoms with Crippen molar-refractivity contribution < 1.29 is 13.9 Å². The lowest BCUT2D eigenvalue weighted by Crippen LogP contribution is -2.06. The number of benzene rings is 3. The van der Waals surface area contributed by atoms with Gasteiger partial charge in [-0.25, -0.2) is 9.18 Å². The Hall–Kier alpha value is -3.70. The summed E-state index contributed by atoms with van der Waals surface area (Å²) in [5.41, 5.74) is 4.93. The smallest absolute Gasteiger partial charge is 0.335 e. The van der Waals surface area contributed by atoms with Crippen LogP contribution >= 0.6 is 11.6 Å². The zero-order valence-electron chi connectivity index (χ0n) is 17.4. The topological polar surface area (TPSA) is 55.0 Å². The fourth-order valence-corrected chi connectivity index (χ4v) is 4.02. The van der Waals surface area contributed by atoms with Gasteiger partial charge in [0.1, 0.15) is 11.6 Å². The van der Waals surface area contributed by atoms with Crippen molar-refractivity contribution in [2.24, 2.45) is 0 Å². The van der Waals surface area contributed by atoms with Crippen LogP contribution in [0, 0.1) is 5.82 Å². The highest BCUT2D eigenvalue weighted by Gasteiger charge is 2.20. The SMILES string of the molecule is C=CC(=O)Oc1ccccc1/C(=C(\CC)c1ccc(F)cc1Cl)c1ccc2[nH]ncc2c1. The predicted molar refractivity (Wildman–Crippen MR) is 126 cm³/mol. The summed E-state index contributed by atoms with van der Waals surface area (Å²) in [6.07, 6.45) is 3.47. The van der Waals surface area contributed by atoms with Crippen molar-refractivity contribution in [1.82, 2.24) is 10.2 Å². The molecule has 0 aliphatic heterocycles. The second-order valence-electron chi connectivity index (χ2n) is 7.12. The van der Waals surface area contributed by atoms with E-state index in [1.807, 2.05) is 37.3 Å². The molecule has 0 saturated carbocycles. The van der Waals surface area contributed by atoms with Gasteiger partial charge in [-0.3, -0.25) is 5.10 Å².